The normalized spacial score (nSPS) is 12.6. The summed E-state index contributed by atoms with van der Waals surface area (Å²) in [7, 11) is 0. The van der Waals surface area contributed by atoms with E-state index in [1.165, 1.54) is 59.4 Å². The largest absolute Gasteiger partial charge is 0.293 e. The molecule has 2 heterocycles. The molecule has 4 rings (SSSR count). The molecular weight excluding hydrogens is 541 g/mol. The molecule has 0 atom stereocenters. The molecule has 0 bridgehead atoms. The van der Waals surface area contributed by atoms with Gasteiger partial charge in [0.05, 0.1) is 20.0 Å². The van der Waals surface area contributed by atoms with Crippen molar-refractivity contribution in [3.05, 3.63) is 102 Å². The third-order valence-electron chi connectivity index (χ3n) is 5.36. The maximum Gasteiger partial charge on any atom is 0.283 e. The smallest absolute Gasteiger partial charge is 0.283 e. The summed E-state index contributed by atoms with van der Waals surface area (Å²) >= 11 is 1.93. The van der Waals surface area contributed by atoms with E-state index >= 15 is 0 Å². The fourth-order valence-electron chi connectivity index (χ4n) is 3.49. The molecule has 0 N–H and O–H groups in total. The van der Waals surface area contributed by atoms with E-state index in [0.717, 1.165) is 23.1 Å². The Balaban J connectivity index is 1.95. The summed E-state index contributed by atoms with van der Waals surface area (Å²) in [5.41, 5.74) is -1.26. The molecule has 0 spiro atoms. The third-order valence-corrected chi connectivity index (χ3v) is 7.41. The summed E-state index contributed by atoms with van der Waals surface area (Å²) in [4.78, 5) is 46.4. The van der Waals surface area contributed by atoms with E-state index in [2.05, 4.69) is 9.97 Å². The van der Waals surface area contributed by atoms with Crippen LogP contribution in [0.2, 0.25) is 0 Å². The molecule has 0 saturated carbocycles. The van der Waals surface area contributed by atoms with Crippen LogP contribution in [0.1, 0.15) is 26.3 Å². The summed E-state index contributed by atoms with van der Waals surface area (Å²) in [5.74, 6) is -0.981. The Morgan fingerprint density at radius 2 is 1.85 bits per heavy atom. The zero-order valence-electron chi connectivity index (χ0n) is 20.9. The number of thiazole rings is 1. The van der Waals surface area contributed by atoms with Gasteiger partial charge in [-0.05, 0) is 59.8 Å². The Morgan fingerprint density at radius 1 is 1.18 bits per heavy atom. The Hall–Kier alpha value is -4.47. The van der Waals surface area contributed by atoms with Gasteiger partial charge in [-0.3, -0.25) is 24.3 Å². The number of halogens is 1. The van der Waals surface area contributed by atoms with Crippen molar-refractivity contribution >= 4 is 46.2 Å². The number of nitriles is 1. The molecule has 0 saturated heterocycles. The molecule has 4 aromatic rings. The highest BCUT2D eigenvalue weighted by atomic mass is 32.2. The summed E-state index contributed by atoms with van der Waals surface area (Å²) < 4.78 is 15.0. The van der Waals surface area contributed by atoms with E-state index in [-0.39, 0.29) is 26.1 Å². The molecule has 0 amide bonds. The van der Waals surface area contributed by atoms with Crippen LogP contribution in [-0.4, -0.2) is 25.2 Å². The van der Waals surface area contributed by atoms with Gasteiger partial charge in [0.1, 0.15) is 22.1 Å². The Morgan fingerprint density at radius 3 is 2.44 bits per heavy atom. The molecule has 0 fully saturated rings. The van der Waals surface area contributed by atoms with E-state index in [1.54, 1.807) is 32.9 Å². The van der Waals surface area contributed by atoms with Gasteiger partial charge in [-0.25, -0.2) is 14.4 Å². The van der Waals surface area contributed by atoms with E-state index in [9.17, 15) is 29.4 Å². The van der Waals surface area contributed by atoms with E-state index in [1.807, 2.05) is 6.07 Å². The topological polar surface area (TPSA) is 132 Å². The molecule has 0 aliphatic carbocycles. The van der Waals surface area contributed by atoms with Crippen molar-refractivity contribution in [3.63, 3.8) is 0 Å². The minimum atomic E-state index is -0.904. The standard InChI is InChI=1S/C27H20FN5O4S2/c1-27(2,3)23(34)19(15-29)25-32(18-8-6-17(28)7-9-18)24(35)22(38-25)14-16-5-10-21(20(13-16)33(36)37)39-26-30-11-4-12-31-26/h4-14H,1-3H3/b22-14+,25-19-. The van der Waals surface area contributed by atoms with Crippen LogP contribution in [0.5, 0.6) is 0 Å². The number of carbonyl (C=O) groups excluding carboxylic acids is 1. The van der Waals surface area contributed by atoms with Crippen molar-refractivity contribution in [1.82, 2.24) is 14.5 Å². The number of hydrogen-bond acceptors (Lipinski definition) is 9. The summed E-state index contributed by atoms with van der Waals surface area (Å²) in [6.45, 7) is 4.98. The van der Waals surface area contributed by atoms with Gasteiger partial charge in [0.2, 0.25) is 0 Å². The van der Waals surface area contributed by atoms with Crippen molar-refractivity contribution in [1.29, 1.82) is 5.26 Å². The molecule has 12 heteroatoms. The lowest BCUT2D eigenvalue weighted by molar-refractivity contribution is -0.387. The number of ketones is 1. The molecule has 0 radical (unpaired) electrons. The monoisotopic (exact) mass is 561 g/mol. The quantitative estimate of drug-likeness (QED) is 0.196. The summed E-state index contributed by atoms with van der Waals surface area (Å²) in [6, 6.07) is 13.1. The molecule has 2 aromatic carbocycles. The Labute approximate surface area is 229 Å². The van der Waals surface area contributed by atoms with Crippen LogP contribution in [0.15, 0.2) is 75.8 Å². The molecule has 39 heavy (non-hydrogen) atoms. The molecule has 0 unspecified atom stereocenters. The van der Waals surface area contributed by atoms with Gasteiger partial charge in [0.25, 0.3) is 11.2 Å². The lowest BCUT2D eigenvalue weighted by atomic mass is 9.87. The van der Waals surface area contributed by atoms with E-state index in [0.29, 0.717) is 15.6 Å². The second-order valence-corrected chi connectivity index (χ2v) is 11.3. The van der Waals surface area contributed by atoms with Crippen molar-refractivity contribution in [2.45, 2.75) is 30.8 Å². The number of nitrogens with zero attached hydrogens (tertiary/aromatic N) is 5. The SMILES string of the molecule is CC(C)(C)C(=O)/C(C#N)=c1\s/c(=C/c2ccc(Sc3ncccn3)c([N+](=O)[O-])c2)c(=O)n1-c1ccc(F)cc1. The molecule has 9 nitrogen and oxygen atoms in total. The van der Waals surface area contributed by atoms with Gasteiger partial charge in [-0.15, -0.1) is 11.3 Å². The number of nitro benzene ring substituents is 1. The van der Waals surface area contributed by atoms with Crippen LogP contribution < -0.4 is 14.8 Å². The second-order valence-electron chi connectivity index (χ2n) is 9.22. The van der Waals surface area contributed by atoms with Gasteiger partial charge in [0, 0.05) is 23.9 Å². The average Bonchev–Trinajstić information content (AvgIpc) is 3.21. The third kappa shape index (κ3) is 6.00. The van der Waals surface area contributed by atoms with Gasteiger partial charge < -0.3 is 0 Å². The minimum absolute atomic E-state index is 0.0863. The predicted octanol–water partition coefficient (Wildman–Crippen LogP) is 4.01. The molecule has 0 aliphatic rings. The van der Waals surface area contributed by atoms with Crippen molar-refractivity contribution in [2.24, 2.45) is 5.41 Å². The predicted molar refractivity (Wildman–Crippen MR) is 145 cm³/mol. The number of carbonyl (C=O) groups is 1. The molecule has 2 aromatic heterocycles. The number of hydrogen-bond donors (Lipinski definition) is 0. The highest BCUT2D eigenvalue weighted by Gasteiger charge is 2.27. The lowest BCUT2D eigenvalue weighted by Crippen LogP contribution is -2.33. The fourth-order valence-corrected chi connectivity index (χ4v) is 5.39. The number of Topliss-reactive ketones (excluding diaryl/α,β-unsaturated/α-hetero) is 1. The van der Waals surface area contributed by atoms with Crippen molar-refractivity contribution in [3.8, 4) is 11.8 Å². The fraction of sp³-hybridized carbons (Fsp3) is 0.148. The number of aromatic nitrogens is 3. The maximum absolute atomic E-state index is 13.6. The van der Waals surface area contributed by atoms with Crippen molar-refractivity contribution in [2.75, 3.05) is 0 Å². The average molecular weight is 562 g/mol. The summed E-state index contributed by atoms with van der Waals surface area (Å²) in [6.07, 6.45) is 4.51. The van der Waals surface area contributed by atoms with Gasteiger partial charge >= 0.3 is 0 Å². The van der Waals surface area contributed by atoms with Crippen LogP contribution in [0, 0.1) is 32.7 Å². The first-order valence-electron chi connectivity index (χ1n) is 11.4. The summed E-state index contributed by atoms with van der Waals surface area (Å²) in [5, 5.41) is 22.1. The van der Waals surface area contributed by atoms with Crippen molar-refractivity contribution < 1.29 is 14.1 Å². The molecular formula is C27H20FN5O4S2. The zero-order valence-corrected chi connectivity index (χ0v) is 22.5. The highest BCUT2D eigenvalue weighted by Crippen LogP contribution is 2.33. The van der Waals surface area contributed by atoms with Gasteiger partial charge in [-0.1, -0.05) is 26.8 Å². The lowest BCUT2D eigenvalue weighted by Gasteiger charge is -2.15. The first kappa shape index (κ1) is 27.6. The number of rotatable bonds is 6. The van der Waals surface area contributed by atoms with E-state index in [4.69, 9.17) is 0 Å². The van der Waals surface area contributed by atoms with E-state index < -0.39 is 27.5 Å². The molecule has 196 valence electrons. The Kier molecular flexibility index (Phi) is 7.85. The Bertz CT molecular complexity index is 1800. The van der Waals surface area contributed by atoms with Crippen LogP contribution in [-0.2, 0) is 4.79 Å². The van der Waals surface area contributed by atoms with Crippen LogP contribution >= 0.6 is 23.1 Å². The number of benzene rings is 2. The minimum Gasteiger partial charge on any atom is -0.293 e. The number of nitro groups is 1. The zero-order chi connectivity index (χ0) is 28.3. The first-order chi connectivity index (χ1) is 18.5. The first-order valence-corrected chi connectivity index (χ1v) is 13.0. The second kappa shape index (κ2) is 11.1. The van der Waals surface area contributed by atoms with Crippen LogP contribution in [0.4, 0.5) is 10.1 Å². The van der Waals surface area contributed by atoms with Crippen LogP contribution in [0.25, 0.3) is 17.3 Å². The highest BCUT2D eigenvalue weighted by molar-refractivity contribution is 7.99. The van der Waals surface area contributed by atoms with Gasteiger partial charge in [-0.2, -0.15) is 5.26 Å². The maximum atomic E-state index is 13.6. The molecule has 0 aliphatic heterocycles. The van der Waals surface area contributed by atoms with Gasteiger partial charge in [0.15, 0.2) is 10.9 Å². The van der Waals surface area contributed by atoms with Crippen LogP contribution in [0.3, 0.4) is 0 Å².